The van der Waals surface area contributed by atoms with Crippen LogP contribution in [0, 0.1) is 6.92 Å². The predicted octanol–water partition coefficient (Wildman–Crippen LogP) is 3.92. The molecule has 34 heavy (non-hydrogen) atoms. The number of ether oxygens (including phenoxy) is 1. The first-order valence-corrected chi connectivity index (χ1v) is 13.8. The minimum absolute atomic E-state index is 0.147. The van der Waals surface area contributed by atoms with E-state index >= 15 is 0 Å². The zero-order chi connectivity index (χ0) is 24.5. The van der Waals surface area contributed by atoms with Crippen LogP contribution in [-0.4, -0.2) is 40.3 Å². The van der Waals surface area contributed by atoms with Crippen LogP contribution in [0.15, 0.2) is 82.8 Å². The average molecular weight is 500 g/mol. The number of sulfonamides is 2. The van der Waals surface area contributed by atoms with Crippen LogP contribution in [0.1, 0.15) is 29.2 Å². The molecule has 0 radical (unpaired) electrons. The van der Waals surface area contributed by atoms with Crippen LogP contribution in [0.2, 0.25) is 0 Å². The molecule has 0 unspecified atom stereocenters. The molecule has 4 rings (SSSR count). The van der Waals surface area contributed by atoms with Crippen molar-refractivity contribution in [1.82, 2.24) is 4.41 Å². The highest BCUT2D eigenvalue weighted by Gasteiger charge is 2.37. The number of hydrogen-bond acceptors (Lipinski definition) is 6. The summed E-state index contributed by atoms with van der Waals surface area (Å²) in [5, 5.41) is 4.52. The molecular formula is C24H25N3O5S2. The van der Waals surface area contributed by atoms with Crippen LogP contribution < -0.4 is 9.46 Å². The Morgan fingerprint density at radius 1 is 0.971 bits per heavy atom. The van der Waals surface area contributed by atoms with E-state index in [9.17, 15) is 16.8 Å². The van der Waals surface area contributed by atoms with Gasteiger partial charge in [-0.25, -0.2) is 8.42 Å². The average Bonchev–Trinajstić information content (AvgIpc) is 3.25. The maximum Gasteiger partial charge on any atom is 0.279 e. The molecule has 0 spiro atoms. The minimum Gasteiger partial charge on any atom is -0.497 e. The van der Waals surface area contributed by atoms with Gasteiger partial charge in [0.2, 0.25) is 10.0 Å². The van der Waals surface area contributed by atoms with Crippen molar-refractivity contribution in [3.63, 3.8) is 0 Å². The molecule has 1 atom stereocenters. The van der Waals surface area contributed by atoms with Crippen LogP contribution in [0.5, 0.6) is 5.75 Å². The van der Waals surface area contributed by atoms with Gasteiger partial charge < -0.3 is 4.74 Å². The van der Waals surface area contributed by atoms with Gasteiger partial charge in [-0.1, -0.05) is 42.0 Å². The summed E-state index contributed by atoms with van der Waals surface area (Å²) in [7, 11) is -5.84. The Morgan fingerprint density at radius 3 is 2.26 bits per heavy atom. The molecule has 0 aromatic heterocycles. The van der Waals surface area contributed by atoms with Gasteiger partial charge in [0.1, 0.15) is 5.75 Å². The Bertz CT molecular complexity index is 1430. The normalized spacial score (nSPS) is 16.3. The molecule has 3 aromatic carbocycles. The zero-order valence-corrected chi connectivity index (χ0v) is 20.6. The lowest BCUT2D eigenvalue weighted by Gasteiger charge is -2.23. The van der Waals surface area contributed by atoms with E-state index in [2.05, 4.69) is 9.82 Å². The Morgan fingerprint density at radius 2 is 1.65 bits per heavy atom. The number of nitrogens with zero attached hydrogens (tertiary/aromatic N) is 2. The fourth-order valence-electron chi connectivity index (χ4n) is 3.75. The molecule has 0 saturated carbocycles. The lowest BCUT2D eigenvalue weighted by Crippen LogP contribution is -2.27. The Labute approximate surface area is 200 Å². The number of aryl methyl sites for hydroxylation is 1. The van der Waals surface area contributed by atoms with Crippen molar-refractivity contribution in [2.75, 3.05) is 18.1 Å². The number of benzene rings is 3. The molecule has 0 fully saturated rings. The smallest absolute Gasteiger partial charge is 0.279 e. The zero-order valence-electron chi connectivity index (χ0n) is 19.0. The van der Waals surface area contributed by atoms with Crippen LogP contribution in [0.25, 0.3) is 0 Å². The molecule has 0 saturated heterocycles. The second-order valence-corrected chi connectivity index (χ2v) is 11.6. The quantitative estimate of drug-likeness (QED) is 0.531. The third-order valence-electron chi connectivity index (χ3n) is 5.44. The molecule has 1 aliphatic rings. The SMILES string of the molecule is COc1ccc([C@H]2CC(c3cccc(NS(C)(=O)=O)c3)=NN2S(=O)(=O)c2ccc(C)cc2)cc1. The number of methoxy groups -OCH3 is 1. The Hall–Kier alpha value is -3.37. The van der Waals surface area contributed by atoms with Gasteiger partial charge in [0.05, 0.1) is 30.0 Å². The molecule has 178 valence electrons. The molecule has 1 heterocycles. The molecule has 10 heteroatoms. The van der Waals surface area contributed by atoms with Gasteiger partial charge in [0.15, 0.2) is 0 Å². The summed E-state index contributed by atoms with van der Waals surface area (Å²) in [6.45, 7) is 1.89. The molecular weight excluding hydrogens is 474 g/mol. The second kappa shape index (κ2) is 9.11. The standard InChI is InChI=1S/C24H25N3O5S2/c1-17-7-13-22(14-8-17)34(30,31)27-24(18-9-11-21(32-2)12-10-18)16-23(25-27)19-5-4-6-20(15-19)26-33(3,28)29/h4-15,24,26H,16H2,1-3H3/t24-/m1/s1. The number of hydrogen-bond donors (Lipinski definition) is 1. The monoisotopic (exact) mass is 499 g/mol. The predicted molar refractivity (Wildman–Crippen MR) is 132 cm³/mol. The van der Waals surface area contributed by atoms with Crippen LogP contribution >= 0.6 is 0 Å². The number of nitrogens with one attached hydrogen (secondary N) is 1. The molecule has 8 nitrogen and oxygen atoms in total. The van der Waals surface area contributed by atoms with Gasteiger partial charge in [0.25, 0.3) is 10.0 Å². The van der Waals surface area contributed by atoms with Gasteiger partial charge in [-0.2, -0.15) is 17.9 Å². The van der Waals surface area contributed by atoms with E-state index < -0.39 is 26.1 Å². The van der Waals surface area contributed by atoms with Crippen molar-refractivity contribution < 1.29 is 21.6 Å². The number of hydrazone groups is 1. The largest absolute Gasteiger partial charge is 0.497 e. The van der Waals surface area contributed by atoms with Crippen molar-refractivity contribution >= 4 is 31.4 Å². The number of rotatable bonds is 7. The summed E-state index contributed by atoms with van der Waals surface area (Å²) < 4.78 is 59.3. The molecule has 0 aliphatic carbocycles. The minimum atomic E-state index is -3.95. The first kappa shape index (κ1) is 23.8. The highest BCUT2D eigenvalue weighted by Crippen LogP contribution is 2.38. The van der Waals surface area contributed by atoms with Crippen molar-refractivity contribution in [3.8, 4) is 5.75 Å². The van der Waals surface area contributed by atoms with Gasteiger partial charge in [-0.3, -0.25) is 4.72 Å². The van der Waals surface area contributed by atoms with Crippen molar-refractivity contribution in [3.05, 3.63) is 89.5 Å². The highest BCUT2D eigenvalue weighted by atomic mass is 32.2. The van der Waals surface area contributed by atoms with E-state index in [1.807, 2.05) is 19.1 Å². The fourth-order valence-corrected chi connectivity index (χ4v) is 5.74. The third-order valence-corrected chi connectivity index (χ3v) is 7.74. The molecule has 1 N–H and O–H groups in total. The maximum atomic E-state index is 13.6. The van der Waals surface area contributed by atoms with Crippen LogP contribution in [-0.2, 0) is 20.0 Å². The molecule has 1 aliphatic heterocycles. The fraction of sp³-hybridized carbons (Fsp3) is 0.208. The molecule has 0 amide bonds. The summed E-state index contributed by atoms with van der Waals surface area (Å²) in [5.74, 6) is 0.662. The van der Waals surface area contributed by atoms with E-state index in [0.29, 0.717) is 29.1 Å². The van der Waals surface area contributed by atoms with E-state index in [4.69, 9.17) is 4.74 Å². The van der Waals surface area contributed by atoms with Gasteiger partial charge in [-0.05, 0) is 54.4 Å². The maximum absolute atomic E-state index is 13.6. The van der Waals surface area contributed by atoms with Crippen LogP contribution in [0.3, 0.4) is 0 Å². The van der Waals surface area contributed by atoms with E-state index in [1.165, 1.54) is 0 Å². The Balaban J connectivity index is 1.77. The topological polar surface area (TPSA) is 105 Å². The first-order valence-electron chi connectivity index (χ1n) is 10.5. The van der Waals surface area contributed by atoms with Crippen molar-refractivity contribution in [2.45, 2.75) is 24.3 Å². The van der Waals surface area contributed by atoms with Crippen molar-refractivity contribution in [2.24, 2.45) is 5.10 Å². The summed E-state index contributed by atoms with van der Waals surface area (Å²) in [6.07, 6.45) is 1.39. The van der Waals surface area contributed by atoms with E-state index in [-0.39, 0.29) is 4.90 Å². The van der Waals surface area contributed by atoms with Gasteiger partial charge in [-0.15, -0.1) is 0 Å². The summed E-state index contributed by atoms with van der Waals surface area (Å²) in [4.78, 5) is 0.147. The summed E-state index contributed by atoms with van der Waals surface area (Å²) in [5.41, 5.74) is 3.26. The second-order valence-electron chi connectivity index (χ2n) is 8.09. The molecule has 0 bridgehead atoms. The van der Waals surface area contributed by atoms with Crippen molar-refractivity contribution in [1.29, 1.82) is 0 Å². The van der Waals surface area contributed by atoms with Gasteiger partial charge in [0, 0.05) is 12.1 Å². The van der Waals surface area contributed by atoms with E-state index in [1.54, 1.807) is 67.8 Å². The van der Waals surface area contributed by atoms with Crippen LogP contribution in [0.4, 0.5) is 5.69 Å². The number of anilines is 1. The lowest BCUT2D eigenvalue weighted by atomic mass is 9.99. The highest BCUT2D eigenvalue weighted by molar-refractivity contribution is 7.92. The summed E-state index contributed by atoms with van der Waals surface area (Å²) >= 11 is 0. The lowest BCUT2D eigenvalue weighted by molar-refractivity contribution is 0.370. The third kappa shape index (κ3) is 5.07. The van der Waals surface area contributed by atoms with E-state index in [0.717, 1.165) is 21.8 Å². The van der Waals surface area contributed by atoms with Gasteiger partial charge >= 0.3 is 0 Å². The summed E-state index contributed by atoms with van der Waals surface area (Å²) in [6, 6.07) is 20.0. The first-order chi connectivity index (χ1) is 16.1. The Kier molecular flexibility index (Phi) is 6.37. The molecule has 3 aromatic rings.